The molecule has 0 spiro atoms. The zero-order valence-electron chi connectivity index (χ0n) is 23.7. The number of carbonyl (C=O) groups excluding carboxylic acids is 2. The molecule has 4 N–H and O–H groups in total. The van der Waals surface area contributed by atoms with Gasteiger partial charge < -0.3 is 21.3 Å². The van der Waals surface area contributed by atoms with Crippen molar-refractivity contribution in [2.45, 2.75) is 24.9 Å². The highest BCUT2D eigenvalue weighted by atomic mass is 35.5. The highest BCUT2D eigenvalue weighted by Crippen LogP contribution is 2.35. The number of piperidine rings is 1. The van der Waals surface area contributed by atoms with Gasteiger partial charge in [0.25, 0.3) is 5.91 Å². The number of nitrogens with two attached hydrogens (primary N) is 1. The van der Waals surface area contributed by atoms with Gasteiger partial charge in [-0.3, -0.25) is 14.6 Å². The molecule has 3 heterocycles. The molecule has 0 bridgehead atoms. The second kappa shape index (κ2) is 11.7. The van der Waals surface area contributed by atoms with Crippen LogP contribution in [-0.2, 0) is 11.3 Å². The molecule has 0 saturated carbocycles. The lowest BCUT2D eigenvalue weighted by atomic mass is 9.86. The number of likely N-dealkylation sites (tertiary alicyclic amines) is 1. The van der Waals surface area contributed by atoms with Gasteiger partial charge in [0.05, 0.1) is 23.5 Å². The van der Waals surface area contributed by atoms with Crippen molar-refractivity contribution in [2.24, 2.45) is 10.7 Å². The lowest BCUT2D eigenvalue weighted by Gasteiger charge is -2.39. The van der Waals surface area contributed by atoms with E-state index in [-0.39, 0.29) is 29.7 Å². The van der Waals surface area contributed by atoms with Gasteiger partial charge in [0.1, 0.15) is 17.2 Å². The summed E-state index contributed by atoms with van der Waals surface area (Å²) in [5.74, 6) is -1.72. The normalized spacial score (nSPS) is 15.5. The Morgan fingerprint density at radius 2 is 1.70 bits per heavy atom. The van der Waals surface area contributed by atoms with Crippen molar-refractivity contribution >= 4 is 40.8 Å². The van der Waals surface area contributed by atoms with Crippen LogP contribution in [0.2, 0.25) is 5.02 Å². The number of likely N-dealkylation sites (N-methyl/N-ethyl adjacent to an activating group) is 1. The monoisotopic (exact) mass is 615 g/mol. The van der Waals surface area contributed by atoms with Gasteiger partial charge in [0.2, 0.25) is 11.9 Å². The molecule has 3 aromatic carbocycles. The molecule has 2 aliphatic heterocycles. The number of aromatic nitrogens is 2. The second-order valence-electron chi connectivity index (χ2n) is 10.7. The van der Waals surface area contributed by atoms with Crippen LogP contribution in [0.15, 0.2) is 71.9 Å². The van der Waals surface area contributed by atoms with Crippen LogP contribution in [0, 0.1) is 11.6 Å². The largest absolute Gasteiger partial charge is 0.368 e. The fourth-order valence-corrected chi connectivity index (χ4v) is 5.81. The number of hydrogen-bond acceptors (Lipinski definition) is 7. The summed E-state index contributed by atoms with van der Waals surface area (Å²) in [6, 6.07) is 15.7. The van der Waals surface area contributed by atoms with Crippen molar-refractivity contribution in [2.75, 3.05) is 25.5 Å². The molecule has 2 aliphatic rings. The maximum Gasteiger partial charge on any atom is 0.253 e. The predicted molar refractivity (Wildman–Crippen MR) is 164 cm³/mol. The number of aliphatic imine (C=N–C) groups is 1. The van der Waals surface area contributed by atoms with Crippen LogP contribution in [-0.4, -0.2) is 58.1 Å². The van der Waals surface area contributed by atoms with Crippen LogP contribution < -0.4 is 16.4 Å². The molecule has 2 amide bonds. The van der Waals surface area contributed by atoms with Crippen molar-refractivity contribution in [3.63, 3.8) is 0 Å². The first-order valence-electron chi connectivity index (χ1n) is 14.0. The van der Waals surface area contributed by atoms with Gasteiger partial charge in [-0.25, -0.2) is 18.7 Å². The van der Waals surface area contributed by atoms with Gasteiger partial charge >= 0.3 is 0 Å². The molecule has 44 heavy (non-hydrogen) atoms. The summed E-state index contributed by atoms with van der Waals surface area (Å²) in [7, 11) is 1.70. The molecule has 6 rings (SSSR count). The summed E-state index contributed by atoms with van der Waals surface area (Å²) in [4.78, 5) is 40.5. The molecule has 0 aliphatic carbocycles. The number of amides is 2. The average Bonchev–Trinajstić information content (AvgIpc) is 3.17. The second-order valence-corrected chi connectivity index (χ2v) is 11.1. The van der Waals surface area contributed by atoms with Crippen LogP contribution >= 0.6 is 11.6 Å². The smallest absolute Gasteiger partial charge is 0.253 e. The zero-order chi connectivity index (χ0) is 31.0. The van der Waals surface area contributed by atoms with E-state index in [1.807, 2.05) is 0 Å². The number of primary amides is 1. The van der Waals surface area contributed by atoms with E-state index in [0.29, 0.717) is 64.6 Å². The average molecular weight is 616 g/mol. The first kappa shape index (κ1) is 29.3. The maximum atomic E-state index is 14.8. The van der Waals surface area contributed by atoms with Gasteiger partial charge in [-0.15, -0.1) is 0 Å². The number of nitrogens with zero attached hydrogens (tertiary/aromatic N) is 4. The molecule has 224 valence electrons. The fraction of sp³-hybridized carbons (Fsp3) is 0.219. The molecular weight excluding hydrogens is 588 g/mol. The van der Waals surface area contributed by atoms with Crippen molar-refractivity contribution in [1.82, 2.24) is 20.2 Å². The summed E-state index contributed by atoms with van der Waals surface area (Å²) in [6.45, 7) is 0.924. The van der Waals surface area contributed by atoms with Crippen LogP contribution in [0.1, 0.15) is 39.9 Å². The fourth-order valence-electron chi connectivity index (χ4n) is 5.64. The highest BCUT2D eigenvalue weighted by Gasteiger charge is 2.39. The first-order valence-corrected chi connectivity index (χ1v) is 14.4. The molecule has 0 radical (unpaired) electrons. The Bertz CT molecular complexity index is 1790. The molecular formula is C32H28ClF2N7O2. The van der Waals surface area contributed by atoms with Gasteiger partial charge in [-0.1, -0.05) is 23.7 Å². The van der Waals surface area contributed by atoms with Crippen molar-refractivity contribution in [3.05, 3.63) is 106 Å². The lowest BCUT2D eigenvalue weighted by molar-refractivity contribution is -0.126. The minimum Gasteiger partial charge on any atom is -0.368 e. The summed E-state index contributed by atoms with van der Waals surface area (Å²) < 4.78 is 29.6. The lowest BCUT2D eigenvalue weighted by Crippen LogP contribution is -2.60. The number of benzene rings is 3. The van der Waals surface area contributed by atoms with Crippen molar-refractivity contribution in [1.29, 1.82) is 0 Å². The summed E-state index contributed by atoms with van der Waals surface area (Å²) >= 11 is 6.31. The first-order chi connectivity index (χ1) is 21.2. The molecule has 0 unspecified atom stereocenters. The number of halogens is 3. The number of anilines is 2. The Labute approximate surface area is 257 Å². The van der Waals surface area contributed by atoms with E-state index in [2.05, 4.69) is 20.6 Å². The molecule has 1 aromatic heterocycles. The van der Waals surface area contributed by atoms with Gasteiger partial charge in [0, 0.05) is 52.3 Å². The quantitative estimate of drug-likeness (QED) is 0.285. The van der Waals surface area contributed by atoms with E-state index in [4.69, 9.17) is 22.3 Å². The third-order valence-electron chi connectivity index (χ3n) is 8.21. The summed E-state index contributed by atoms with van der Waals surface area (Å²) in [5.41, 5.74) is 8.13. The van der Waals surface area contributed by atoms with E-state index in [9.17, 15) is 18.4 Å². The van der Waals surface area contributed by atoms with E-state index in [0.717, 1.165) is 0 Å². The highest BCUT2D eigenvalue weighted by molar-refractivity contribution is 6.31. The van der Waals surface area contributed by atoms with Gasteiger partial charge in [-0.2, -0.15) is 0 Å². The minimum atomic E-state index is -0.799. The third-order valence-corrected chi connectivity index (χ3v) is 8.44. The van der Waals surface area contributed by atoms with E-state index < -0.39 is 23.1 Å². The Balaban J connectivity index is 1.23. The van der Waals surface area contributed by atoms with Crippen LogP contribution in [0.25, 0.3) is 11.3 Å². The standard InChI is InChI=1S/C32H28ClF2N7O2/c1-37-32(30(36)44)11-13-42(14-12-32)29(43)18-5-8-21(9-6-18)40-31-39-17-19-16-38-28(26-24(34)3-2-4-25(26)35)23-15-20(33)7-10-22(23)27(19)41-31/h2-10,15,17,37H,11-14,16H2,1H3,(H2,36,44)(H,39,40,41). The Hall–Kier alpha value is -4.74. The van der Waals surface area contributed by atoms with E-state index >= 15 is 0 Å². The maximum absolute atomic E-state index is 14.8. The summed E-state index contributed by atoms with van der Waals surface area (Å²) in [6.07, 6.45) is 2.51. The van der Waals surface area contributed by atoms with E-state index in [1.165, 1.54) is 18.2 Å². The van der Waals surface area contributed by atoms with Crippen LogP contribution in [0.3, 0.4) is 0 Å². The van der Waals surface area contributed by atoms with Gasteiger partial charge in [-0.05, 0) is 68.4 Å². The summed E-state index contributed by atoms with van der Waals surface area (Å²) in [5, 5.41) is 6.57. The minimum absolute atomic E-state index is 0.104. The Morgan fingerprint density at radius 3 is 2.36 bits per heavy atom. The SMILES string of the molecule is CNC1(C(N)=O)CCN(C(=O)c2ccc(Nc3ncc4c(n3)-c3ccc(Cl)cc3C(c3c(F)cccc3F)=NC4)cc2)CC1. The van der Waals surface area contributed by atoms with Crippen LogP contribution in [0.4, 0.5) is 20.4 Å². The van der Waals surface area contributed by atoms with E-state index in [1.54, 1.807) is 60.6 Å². The number of carbonyl (C=O) groups is 2. The number of fused-ring (bicyclic) bond motifs is 3. The number of rotatable bonds is 6. The topological polar surface area (TPSA) is 126 Å². The number of hydrogen-bond donors (Lipinski definition) is 3. The van der Waals surface area contributed by atoms with Crippen molar-refractivity contribution < 1.29 is 18.4 Å². The van der Waals surface area contributed by atoms with Gasteiger partial charge in [0.15, 0.2) is 0 Å². The zero-order valence-corrected chi connectivity index (χ0v) is 24.5. The van der Waals surface area contributed by atoms with Crippen LogP contribution in [0.5, 0.6) is 0 Å². The molecule has 0 atom stereocenters. The molecule has 1 saturated heterocycles. The number of nitrogens with one attached hydrogen (secondary N) is 2. The molecule has 1 fully saturated rings. The molecule has 12 heteroatoms. The Kier molecular flexibility index (Phi) is 7.83. The Morgan fingerprint density at radius 1 is 1.00 bits per heavy atom. The molecule has 9 nitrogen and oxygen atoms in total. The molecule has 4 aromatic rings. The third kappa shape index (κ3) is 5.40. The van der Waals surface area contributed by atoms with Crippen molar-refractivity contribution in [3.8, 4) is 11.3 Å². The predicted octanol–water partition coefficient (Wildman–Crippen LogP) is 4.85.